The molecule has 2 rings (SSSR count). The molecule has 0 bridgehead atoms. The van der Waals surface area contributed by atoms with E-state index in [4.69, 9.17) is 0 Å². The van der Waals surface area contributed by atoms with Crippen molar-refractivity contribution < 1.29 is 9.90 Å². The summed E-state index contributed by atoms with van der Waals surface area (Å²) >= 11 is 0. The quantitative estimate of drug-likeness (QED) is 0.821. The van der Waals surface area contributed by atoms with Crippen LogP contribution in [0.25, 0.3) is 0 Å². The van der Waals surface area contributed by atoms with Crippen molar-refractivity contribution in [2.75, 3.05) is 26.2 Å². The van der Waals surface area contributed by atoms with Crippen LogP contribution < -0.4 is 0 Å². The number of piperazine rings is 1. The number of hydrogen-bond donors (Lipinski definition) is 1. The molecule has 0 radical (unpaired) electrons. The predicted octanol–water partition coefficient (Wildman–Crippen LogP) is 1.48. The van der Waals surface area contributed by atoms with Crippen molar-refractivity contribution in [1.29, 1.82) is 0 Å². The van der Waals surface area contributed by atoms with Crippen molar-refractivity contribution in [2.45, 2.75) is 58.1 Å². The Morgan fingerprint density at radius 3 is 2.63 bits per heavy atom. The molecule has 110 valence electrons. The number of nitrogens with zero attached hydrogens (tertiary/aromatic N) is 2. The van der Waals surface area contributed by atoms with Crippen LogP contribution in [0.3, 0.4) is 0 Å². The second kappa shape index (κ2) is 6.71. The summed E-state index contributed by atoms with van der Waals surface area (Å²) in [6.45, 7) is 7.26. The van der Waals surface area contributed by atoms with Crippen molar-refractivity contribution >= 4 is 5.91 Å². The third-order valence-corrected chi connectivity index (χ3v) is 4.55. The average molecular weight is 268 g/mol. The van der Waals surface area contributed by atoms with Gasteiger partial charge in [0, 0.05) is 38.6 Å². The number of rotatable bonds is 5. The fourth-order valence-electron chi connectivity index (χ4n) is 3.20. The summed E-state index contributed by atoms with van der Waals surface area (Å²) in [4.78, 5) is 16.5. The van der Waals surface area contributed by atoms with Crippen LogP contribution >= 0.6 is 0 Å². The Morgan fingerprint density at radius 2 is 2.11 bits per heavy atom. The van der Waals surface area contributed by atoms with Gasteiger partial charge in [0.05, 0.1) is 6.10 Å². The highest BCUT2D eigenvalue weighted by molar-refractivity contribution is 5.76. The maximum Gasteiger partial charge on any atom is 0.222 e. The molecular weight excluding hydrogens is 240 g/mol. The lowest BCUT2D eigenvalue weighted by Gasteiger charge is -2.40. The molecule has 1 saturated carbocycles. The van der Waals surface area contributed by atoms with Crippen molar-refractivity contribution in [3.8, 4) is 0 Å². The molecule has 1 saturated heterocycles. The van der Waals surface area contributed by atoms with Gasteiger partial charge in [0.1, 0.15) is 0 Å². The third kappa shape index (κ3) is 4.18. The molecule has 1 aliphatic heterocycles. The van der Waals surface area contributed by atoms with Gasteiger partial charge in [-0.2, -0.15) is 0 Å². The molecule has 0 aromatic rings. The minimum absolute atomic E-state index is 0.279. The van der Waals surface area contributed by atoms with E-state index in [-0.39, 0.29) is 12.1 Å². The first-order valence-corrected chi connectivity index (χ1v) is 7.76. The Labute approximate surface area is 116 Å². The van der Waals surface area contributed by atoms with E-state index in [9.17, 15) is 9.90 Å². The molecule has 2 atom stereocenters. The minimum atomic E-state index is -0.284. The summed E-state index contributed by atoms with van der Waals surface area (Å²) in [5, 5.41) is 9.42. The van der Waals surface area contributed by atoms with E-state index in [2.05, 4.69) is 11.8 Å². The number of β-amino-alcohol motifs (C(OH)–C–C–N with tert-alkyl or cyclic N) is 1. The normalized spacial score (nSPS) is 27.1. The number of hydrogen-bond acceptors (Lipinski definition) is 3. The molecule has 0 aromatic carbocycles. The monoisotopic (exact) mass is 268 g/mol. The van der Waals surface area contributed by atoms with Crippen LogP contribution in [0.4, 0.5) is 0 Å². The van der Waals surface area contributed by atoms with E-state index in [1.54, 1.807) is 0 Å². The molecule has 0 aromatic heterocycles. The zero-order valence-corrected chi connectivity index (χ0v) is 12.3. The largest absolute Gasteiger partial charge is 0.392 e. The third-order valence-electron chi connectivity index (χ3n) is 4.55. The SMILES string of the molecule is C[C@H](O)CN1CCN(C(=O)CCC2CCC2)[C@H](C)C1. The summed E-state index contributed by atoms with van der Waals surface area (Å²) < 4.78 is 0. The van der Waals surface area contributed by atoms with Crippen LogP contribution in [0.15, 0.2) is 0 Å². The molecule has 0 unspecified atom stereocenters. The van der Waals surface area contributed by atoms with Crippen LogP contribution in [0.2, 0.25) is 0 Å². The Bertz CT molecular complexity index is 303. The number of carbonyl (C=O) groups excluding carboxylic acids is 1. The van der Waals surface area contributed by atoms with E-state index in [0.717, 1.165) is 38.4 Å². The van der Waals surface area contributed by atoms with E-state index in [1.807, 2.05) is 11.8 Å². The zero-order valence-electron chi connectivity index (χ0n) is 12.3. The Morgan fingerprint density at radius 1 is 1.37 bits per heavy atom. The Hall–Kier alpha value is -0.610. The van der Waals surface area contributed by atoms with Crippen molar-refractivity contribution in [2.24, 2.45) is 5.92 Å². The second-order valence-corrected chi connectivity index (χ2v) is 6.38. The summed E-state index contributed by atoms with van der Waals surface area (Å²) in [7, 11) is 0. The van der Waals surface area contributed by atoms with Gasteiger partial charge in [-0.15, -0.1) is 0 Å². The van der Waals surface area contributed by atoms with E-state index in [1.165, 1.54) is 19.3 Å². The van der Waals surface area contributed by atoms with Crippen molar-refractivity contribution in [3.05, 3.63) is 0 Å². The molecule has 19 heavy (non-hydrogen) atoms. The minimum Gasteiger partial charge on any atom is -0.392 e. The van der Waals surface area contributed by atoms with Gasteiger partial charge in [0.15, 0.2) is 0 Å². The molecule has 1 N–H and O–H groups in total. The fourth-order valence-corrected chi connectivity index (χ4v) is 3.20. The molecule has 2 aliphatic rings. The summed E-state index contributed by atoms with van der Waals surface area (Å²) in [5.41, 5.74) is 0. The number of aliphatic hydroxyl groups is 1. The number of amides is 1. The van der Waals surface area contributed by atoms with E-state index >= 15 is 0 Å². The first kappa shape index (κ1) is 14.8. The standard InChI is InChI=1S/C15H28N2O2/c1-12-10-16(11-13(2)18)8-9-17(12)15(19)7-6-14-4-3-5-14/h12-14,18H,3-11H2,1-2H3/t12-,13+/m1/s1. The topological polar surface area (TPSA) is 43.8 Å². The maximum absolute atomic E-state index is 12.2. The van der Waals surface area contributed by atoms with Gasteiger partial charge in [-0.25, -0.2) is 0 Å². The van der Waals surface area contributed by atoms with Crippen LogP contribution in [0.5, 0.6) is 0 Å². The lowest BCUT2D eigenvalue weighted by Crippen LogP contribution is -2.55. The molecule has 4 nitrogen and oxygen atoms in total. The lowest BCUT2D eigenvalue weighted by molar-refractivity contribution is -0.136. The Kier molecular flexibility index (Phi) is 5.22. The van der Waals surface area contributed by atoms with Gasteiger partial charge in [-0.1, -0.05) is 19.3 Å². The van der Waals surface area contributed by atoms with Crippen molar-refractivity contribution in [3.63, 3.8) is 0 Å². The Balaban J connectivity index is 1.73. The smallest absolute Gasteiger partial charge is 0.222 e. The van der Waals surface area contributed by atoms with E-state index < -0.39 is 0 Å². The van der Waals surface area contributed by atoms with Gasteiger partial charge in [0.2, 0.25) is 5.91 Å². The lowest BCUT2D eigenvalue weighted by atomic mass is 9.82. The van der Waals surface area contributed by atoms with Crippen LogP contribution in [0.1, 0.15) is 46.0 Å². The fraction of sp³-hybridized carbons (Fsp3) is 0.933. The zero-order chi connectivity index (χ0) is 13.8. The molecule has 2 fully saturated rings. The van der Waals surface area contributed by atoms with Crippen LogP contribution in [-0.2, 0) is 4.79 Å². The predicted molar refractivity (Wildman–Crippen MR) is 75.9 cm³/mol. The highest BCUT2D eigenvalue weighted by Crippen LogP contribution is 2.30. The molecular formula is C15H28N2O2. The second-order valence-electron chi connectivity index (χ2n) is 6.38. The van der Waals surface area contributed by atoms with Gasteiger partial charge in [-0.3, -0.25) is 9.69 Å². The first-order chi connectivity index (χ1) is 9.06. The number of aliphatic hydroxyl groups excluding tert-OH is 1. The highest BCUT2D eigenvalue weighted by atomic mass is 16.3. The van der Waals surface area contributed by atoms with Crippen LogP contribution in [-0.4, -0.2) is 59.1 Å². The first-order valence-electron chi connectivity index (χ1n) is 7.76. The molecule has 1 heterocycles. The number of carbonyl (C=O) groups is 1. The molecule has 1 amide bonds. The molecule has 1 aliphatic carbocycles. The summed E-state index contributed by atoms with van der Waals surface area (Å²) in [5.74, 6) is 1.15. The summed E-state index contributed by atoms with van der Waals surface area (Å²) in [6.07, 6.45) is 5.53. The van der Waals surface area contributed by atoms with E-state index in [0.29, 0.717) is 12.5 Å². The van der Waals surface area contributed by atoms with Crippen LogP contribution in [0, 0.1) is 5.92 Å². The average Bonchev–Trinajstić information content (AvgIpc) is 2.25. The van der Waals surface area contributed by atoms with Gasteiger partial charge in [-0.05, 0) is 26.2 Å². The molecule has 4 heteroatoms. The summed E-state index contributed by atoms with van der Waals surface area (Å²) in [6, 6.07) is 0.279. The highest BCUT2D eigenvalue weighted by Gasteiger charge is 2.28. The van der Waals surface area contributed by atoms with Gasteiger partial charge in [0.25, 0.3) is 0 Å². The maximum atomic E-state index is 12.2. The van der Waals surface area contributed by atoms with Gasteiger partial charge >= 0.3 is 0 Å². The van der Waals surface area contributed by atoms with Crippen molar-refractivity contribution in [1.82, 2.24) is 9.80 Å². The molecule has 0 spiro atoms. The van der Waals surface area contributed by atoms with Gasteiger partial charge < -0.3 is 10.0 Å².